The van der Waals surface area contributed by atoms with E-state index in [9.17, 15) is 0 Å². The third-order valence-corrected chi connectivity index (χ3v) is 2.46. The number of aromatic nitrogens is 1. The van der Waals surface area contributed by atoms with Gasteiger partial charge in [0.2, 0.25) is 0 Å². The topological polar surface area (TPSA) is 16.1 Å². The Balaban J connectivity index is 2.53. The molecule has 0 spiro atoms. The van der Waals surface area contributed by atoms with E-state index in [0.717, 1.165) is 25.1 Å². The first-order valence-electron chi connectivity index (χ1n) is 4.55. The maximum atomic E-state index is 5.98. The molecule has 0 N–H and O–H groups in total. The lowest BCUT2D eigenvalue weighted by molar-refractivity contribution is 0.399. The van der Waals surface area contributed by atoms with Crippen molar-refractivity contribution >= 4 is 23.2 Å². The van der Waals surface area contributed by atoms with E-state index in [4.69, 9.17) is 23.2 Å². The Hall–Kier alpha value is -0.310. The highest BCUT2D eigenvalue weighted by molar-refractivity contribution is 6.32. The van der Waals surface area contributed by atoms with Crippen LogP contribution in [-0.4, -0.2) is 30.5 Å². The summed E-state index contributed by atoms with van der Waals surface area (Å²) < 4.78 is 0. The largest absolute Gasteiger partial charge is 0.309 e. The van der Waals surface area contributed by atoms with Crippen LogP contribution in [0.4, 0.5) is 0 Å². The molecular formula is C10H14Cl2N2. The zero-order valence-electron chi connectivity index (χ0n) is 8.43. The number of aryl methyl sites for hydroxylation is 1. The molecule has 0 unspecified atom stereocenters. The molecule has 1 aromatic rings. The summed E-state index contributed by atoms with van der Waals surface area (Å²) in [6.07, 6.45) is 1.91. The summed E-state index contributed by atoms with van der Waals surface area (Å²) in [4.78, 5) is 6.32. The summed E-state index contributed by atoms with van der Waals surface area (Å²) in [7, 11) is 4.10. The van der Waals surface area contributed by atoms with Gasteiger partial charge >= 0.3 is 0 Å². The fourth-order valence-electron chi connectivity index (χ4n) is 1.20. The summed E-state index contributed by atoms with van der Waals surface area (Å²) in [5.74, 6) is 0. The van der Waals surface area contributed by atoms with Crippen molar-refractivity contribution in [1.82, 2.24) is 9.88 Å². The highest BCUT2D eigenvalue weighted by Crippen LogP contribution is 2.17. The van der Waals surface area contributed by atoms with E-state index < -0.39 is 0 Å². The van der Waals surface area contributed by atoms with E-state index >= 15 is 0 Å². The van der Waals surface area contributed by atoms with Gasteiger partial charge in [-0.3, -0.25) is 0 Å². The number of rotatable bonds is 4. The van der Waals surface area contributed by atoms with Crippen molar-refractivity contribution in [2.75, 3.05) is 20.6 Å². The molecule has 0 atom stereocenters. The first-order chi connectivity index (χ1) is 6.59. The molecule has 1 rings (SSSR count). The van der Waals surface area contributed by atoms with Crippen molar-refractivity contribution in [2.45, 2.75) is 12.8 Å². The summed E-state index contributed by atoms with van der Waals surface area (Å²) >= 11 is 11.8. The lowest BCUT2D eigenvalue weighted by Gasteiger charge is -2.09. The zero-order valence-corrected chi connectivity index (χ0v) is 9.94. The van der Waals surface area contributed by atoms with Crippen molar-refractivity contribution in [3.63, 3.8) is 0 Å². The van der Waals surface area contributed by atoms with Gasteiger partial charge in [-0.25, -0.2) is 4.98 Å². The lowest BCUT2D eigenvalue weighted by Crippen LogP contribution is -2.13. The van der Waals surface area contributed by atoms with Gasteiger partial charge in [-0.1, -0.05) is 23.2 Å². The van der Waals surface area contributed by atoms with Crippen LogP contribution in [0.15, 0.2) is 12.1 Å². The third kappa shape index (κ3) is 3.82. The second kappa shape index (κ2) is 5.54. The van der Waals surface area contributed by atoms with Crippen LogP contribution in [0.25, 0.3) is 0 Å². The van der Waals surface area contributed by atoms with Crippen molar-refractivity contribution in [3.05, 3.63) is 28.0 Å². The van der Waals surface area contributed by atoms with Gasteiger partial charge in [0.25, 0.3) is 0 Å². The molecule has 14 heavy (non-hydrogen) atoms. The van der Waals surface area contributed by atoms with Gasteiger partial charge in [-0.2, -0.15) is 0 Å². The average Bonchev–Trinajstić information content (AvgIpc) is 2.10. The molecule has 0 radical (unpaired) electrons. The van der Waals surface area contributed by atoms with Crippen LogP contribution in [0.1, 0.15) is 12.1 Å². The van der Waals surface area contributed by atoms with Crippen molar-refractivity contribution in [1.29, 1.82) is 0 Å². The summed E-state index contributed by atoms with van der Waals surface area (Å²) in [5.41, 5.74) is 0.890. The Kier molecular flexibility index (Phi) is 4.66. The Morgan fingerprint density at radius 2 is 2.00 bits per heavy atom. The van der Waals surface area contributed by atoms with Crippen LogP contribution in [0.3, 0.4) is 0 Å². The third-order valence-electron chi connectivity index (χ3n) is 1.90. The standard InChI is InChI=1S/C10H14Cl2N2/c1-14(2)7-3-4-9-8(11)5-6-10(12)13-9/h5-6H,3-4,7H2,1-2H3. The molecule has 0 fully saturated rings. The van der Waals surface area contributed by atoms with Gasteiger partial charge in [0.1, 0.15) is 5.15 Å². The molecule has 0 saturated heterocycles. The Bertz CT molecular complexity index is 300. The molecule has 0 aliphatic rings. The van der Waals surface area contributed by atoms with Gasteiger partial charge in [0, 0.05) is 0 Å². The molecule has 4 heteroatoms. The predicted molar refractivity (Wildman–Crippen MR) is 61.1 cm³/mol. The van der Waals surface area contributed by atoms with Crippen molar-refractivity contribution < 1.29 is 0 Å². The van der Waals surface area contributed by atoms with E-state index in [-0.39, 0.29) is 0 Å². The molecule has 0 saturated carbocycles. The minimum Gasteiger partial charge on any atom is -0.309 e. The first kappa shape index (κ1) is 11.8. The molecule has 78 valence electrons. The van der Waals surface area contributed by atoms with Crippen molar-refractivity contribution in [2.24, 2.45) is 0 Å². The van der Waals surface area contributed by atoms with E-state index in [0.29, 0.717) is 10.2 Å². The first-order valence-corrected chi connectivity index (χ1v) is 5.31. The molecule has 0 aliphatic carbocycles. The van der Waals surface area contributed by atoms with Gasteiger partial charge in [0.05, 0.1) is 10.7 Å². The van der Waals surface area contributed by atoms with Crippen LogP contribution in [0.2, 0.25) is 10.2 Å². The second-order valence-corrected chi connectivity index (χ2v) is 4.26. The maximum absolute atomic E-state index is 5.98. The van der Waals surface area contributed by atoms with Gasteiger partial charge in [-0.15, -0.1) is 0 Å². The minimum atomic E-state index is 0.509. The van der Waals surface area contributed by atoms with E-state index in [1.807, 2.05) is 14.1 Å². The highest BCUT2D eigenvalue weighted by Gasteiger charge is 2.03. The fourth-order valence-corrected chi connectivity index (χ4v) is 1.56. The van der Waals surface area contributed by atoms with Crippen LogP contribution < -0.4 is 0 Å². The number of hydrogen-bond donors (Lipinski definition) is 0. The summed E-state index contributed by atoms with van der Waals surface area (Å²) in [6.45, 7) is 1.03. The Labute approximate surface area is 94.8 Å². The van der Waals surface area contributed by atoms with Crippen LogP contribution in [0.5, 0.6) is 0 Å². The highest BCUT2D eigenvalue weighted by atomic mass is 35.5. The van der Waals surface area contributed by atoms with Crippen LogP contribution in [-0.2, 0) is 6.42 Å². The monoisotopic (exact) mass is 232 g/mol. The Morgan fingerprint density at radius 3 is 2.64 bits per heavy atom. The molecule has 0 aliphatic heterocycles. The average molecular weight is 233 g/mol. The Morgan fingerprint density at radius 1 is 1.29 bits per heavy atom. The fraction of sp³-hybridized carbons (Fsp3) is 0.500. The number of hydrogen-bond acceptors (Lipinski definition) is 2. The molecular weight excluding hydrogens is 219 g/mol. The number of halogens is 2. The molecule has 0 bridgehead atoms. The quantitative estimate of drug-likeness (QED) is 0.743. The SMILES string of the molecule is CN(C)CCCc1nc(Cl)ccc1Cl. The van der Waals surface area contributed by atoms with Gasteiger partial charge in [-0.05, 0) is 45.6 Å². The number of pyridine rings is 1. The minimum absolute atomic E-state index is 0.509. The van der Waals surface area contributed by atoms with E-state index in [1.54, 1.807) is 12.1 Å². The molecule has 2 nitrogen and oxygen atoms in total. The van der Waals surface area contributed by atoms with Crippen LogP contribution >= 0.6 is 23.2 Å². The molecule has 1 aromatic heterocycles. The number of nitrogens with zero attached hydrogens (tertiary/aromatic N) is 2. The summed E-state index contributed by atoms with van der Waals surface area (Å²) in [6, 6.07) is 3.50. The predicted octanol–water partition coefficient (Wildman–Crippen LogP) is 2.88. The van der Waals surface area contributed by atoms with E-state index in [1.165, 1.54) is 0 Å². The lowest BCUT2D eigenvalue weighted by atomic mass is 10.2. The van der Waals surface area contributed by atoms with Crippen LogP contribution in [0, 0.1) is 0 Å². The van der Waals surface area contributed by atoms with Crippen molar-refractivity contribution in [3.8, 4) is 0 Å². The molecule has 0 amide bonds. The van der Waals surface area contributed by atoms with E-state index in [2.05, 4.69) is 9.88 Å². The smallest absolute Gasteiger partial charge is 0.129 e. The van der Waals surface area contributed by atoms with Gasteiger partial charge in [0.15, 0.2) is 0 Å². The summed E-state index contributed by atoms with van der Waals surface area (Å²) in [5, 5.41) is 1.21. The zero-order chi connectivity index (χ0) is 10.6. The second-order valence-electron chi connectivity index (χ2n) is 3.47. The molecule has 0 aromatic carbocycles. The normalized spacial score (nSPS) is 10.9. The maximum Gasteiger partial charge on any atom is 0.129 e. The van der Waals surface area contributed by atoms with Gasteiger partial charge < -0.3 is 4.90 Å². The molecule has 1 heterocycles.